The molecule has 23 heavy (non-hydrogen) atoms. The van der Waals surface area contributed by atoms with Crippen LogP contribution in [-0.4, -0.2) is 36.1 Å². The Morgan fingerprint density at radius 1 is 1.35 bits per heavy atom. The quantitative estimate of drug-likeness (QED) is 0.887. The number of hydrogen-bond donors (Lipinski definition) is 1. The molecule has 0 saturated heterocycles. The van der Waals surface area contributed by atoms with E-state index in [2.05, 4.69) is 5.32 Å². The highest BCUT2D eigenvalue weighted by molar-refractivity contribution is 6.30. The second-order valence-electron chi connectivity index (χ2n) is 6.42. The Morgan fingerprint density at radius 2 is 2.00 bits per heavy atom. The van der Waals surface area contributed by atoms with Crippen molar-refractivity contribution >= 4 is 23.6 Å². The van der Waals surface area contributed by atoms with Crippen molar-refractivity contribution in [2.24, 2.45) is 0 Å². The van der Waals surface area contributed by atoms with E-state index in [1.165, 1.54) is 11.9 Å². The number of rotatable bonds is 5. The summed E-state index contributed by atoms with van der Waals surface area (Å²) in [4.78, 5) is 25.3. The van der Waals surface area contributed by atoms with Crippen molar-refractivity contribution in [2.45, 2.75) is 45.8 Å². The number of nitrogens with one attached hydrogen (secondary N) is 1. The molecular formula is C17H25ClN2O3. The van der Waals surface area contributed by atoms with Crippen LogP contribution in [0.5, 0.6) is 0 Å². The lowest BCUT2D eigenvalue weighted by Crippen LogP contribution is -2.41. The second-order valence-corrected chi connectivity index (χ2v) is 6.86. The predicted octanol–water partition coefficient (Wildman–Crippen LogP) is 3.77. The maximum Gasteiger partial charge on any atom is 0.410 e. The first kappa shape index (κ1) is 19.3. The topological polar surface area (TPSA) is 58.6 Å². The molecule has 0 spiro atoms. The molecule has 128 valence electrons. The average Bonchev–Trinajstić information content (AvgIpc) is 2.42. The number of carbonyl (C=O) groups is 2. The zero-order chi connectivity index (χ0) is 17.6. The molecule has 1 unspecified atom stereocenters. The molecule has 0 aromatic heterocycles. The summed E-state index contributed by atoms with van der Waals surface area (Å²) in [6.45, 7) is 7.26. The van der Waals surface area contributed by atoms with Crippen molar-refractivity contribution in [2.75, 3.05) is 13.6 Å². The Labute approximate surface area is 142 Å². The molecule has 0 fully saturated rings. The van der Waals surface area contributed by atoms with Crippen LogP contribution in [0.2, 0.25) is 5.02 Å². The van der Waals surface area contributed by atoms with Crippen LogP contribution in [-0.2, 0) is 9.53 Å². The maximum absolute atomic E-state index is 12.2. The highest BCUT2D eigenvalue weighted by Crippen LogP contribution is 2.20. The van der Waals surface area contributed by atoms with Gasteiger partial charge < -0.3 is 15.0 Å². The summed E-state index contributed by atoms with van der Waals surface area (Å²) in [5, 5.41) is 3.54. The standard InChI is InChI=1S/C17H25ClN2O3/c1-6-14(12-8-7-9-13(18)10-12)19-15(21)11-20(5)16(22)23-17(2,3)4/h7-10,14H,6,11H2,1-5H3,(H,19,21). The zero-order valence-corrected chi connectivity index (χ0v) is 15.1. The minimum absolute atomic E-state index is 0.0635. The molecule has 0 bridgehead atoms. The molecule has 6 heteroatoms. The molecule has 1 aromatic carbocycles. The first-order valence-corrected chi connectivity index (χ1v) is 7.99. The smallest absolute Gasteiger partial charge is 0.410 e. The lowest BCUT2D eigenvalue weighted by atomic mass is 10.0. The molecule has 0 aliphatic rings. The molecule has 0 aliphatic carbocycles. The summed E-state index contributed by atoms with van der Waals surface area (Å²) < 4.78 is 5.22. The van der Waals surface area contributed by atoms with Crippen LogP contribution in [0.3, 0.4) is 0 Å². The molecule has 5 nitrogen and oxygen atoms in total. The van der Waals surface area contributed by atoms with Gasteiger partial charge in [0.25, 0.3) is 0 Å². The van der Waals surface area contributed by atoms with E-state index in [4.69, 9.17) is 16.3 Å². The van der Waals surface area contributed by atoms with Crippen molar-refractivity contribution in [1.82, 2.24) is 10.2 Å². The Bertz CT molecular complexity index is 555. The largest absolute Gasteiger partial charge is 0.444 e. The van der Waals surface area contributed by atoms with Crippen LogP contribution < -0.4 is 5.32 Å². The molecule has 0 aliphatic heterocycles. The van der Waals surface area contributed by atoms with Gasteiger partial charge in [0.1, 0.15) is 12.1 Å². The van der Waals surface area contributed by atoms with Gasteiger partial charge in [0.2, 0.25) is 5.91 Å². The lowest BCUT2D eigenvalue weighted by molar-refractivity contribution is -0.122. The van der Waals surface area contributed by atoms with E-state index >= 15 is 0 Å². The SMILES string of the molecule is CCC(NC(=O)CN(C)C(=O)OC(C)(C)C)c1cccc(Cl)c1. The van der Waals surface area contributed by atoms with Crippen LogP contribution in [0, 0.1) is 0 Å². The van der Waals surface area contributed by atoms with E-state index in [9.17, 15) is 9.59 Å². The fourth-order valence-electron chi connectivity index (χ4n) is 2.00. The van der Waals surface area contributed by atoms with Crippen molar-refractivity contribution in [3.8, 4) is 0 Å². The Kier molecular flexibility index (Phi) is 6.88. The van der Waals surface area contributed by atoms with Gasteiger partial charge in [-0.2, -0.15) is 0 Å². The van der Waals surface area contributed by atoms with Crippen molar-refractivity contribution in [1.29, 1.82) is 0 Å². The molecule has 2 amide bonds. The monoisotopic (exact) mass is 340 g/mol. The summed E-state index contributed by atoms with van der Waals surface area (Å²) in [6.07, 6.45) is 0.200. The van der Waals surface area contributed by atoms with Gasteiger partial charge in [-0.1, -0.05) is 30.7 Å². The Morgan fingerprint density at radius 3 is 2.52 bits per heavy atom. The van der Waals surface area contributed by atoms with Crippen LogP contribution >= 0.6 is 11.6 Å². The summed E-state index contributed by atoms with van der Waals surface area (Å²) in [5.41, 5.74) is 0.349. The number of likely N-dealkylation sites (N-methyl/N-ethyl adjacent to an activating group) is 1. The van der Waals surface area contributed by atoms with Gasteiger partial charge >= 0.3 is 6.09 Å². The second kappa shape index (κ2) is 8.20. The number of benzene rings is 1. The number of carbonyl (C=O) groups excluding carboxylic acids is 2. The summed E-state index contributed by atoms with van der Waals surface area (Å²) in [7, 11) is 1.54. The number of amides is 2. The van der Waals surface area contributed by atoms with Gasteiger partial charge in [0, 0.05) is 12.1 Å². The normalized spacial score (nSPS) is 12.4. The molecule has 0 heterocycles. The predicted molar refractivity (Wildman–Crippen MR) is 91.5 cm³/mol. The van der Waals surface area contributed by atoms with Gasteiger partial charge in [-0.25, -0.2) is 4.79 Å². The van der Waals surface area contributed by atoms with Crippen LogP contribution in [0.25, 0.3) is 0 Å². The number of nitrogens with zero attached hydrogens (tertiary/aromatic N) is 1. The first-order chi connectivity index (χ1) is 10.6. The minimum atomic E-state index is -0.589. The molecule has 1 N–H and O–H groups in total. The lowest BCUT2D eigenvalue weighted by Gasteiger charge is -2.25. The van der Waals surface area contributed by atoms with E-state index in [1.54, 1.807) is 26.8 Å². The van der Waals surface area contributed by atoms with E-state index < -0.39 is 11.7 Å². The Balaban J connectivity index is 2.62. The van der Waals surface area contributed by atoms with E-state index in [0.29, 0.717) is 5.02 Å². The van der Waals surface area contributed by atoms with Crippen molar-refractivity contribution in [3.63, 3.8) is 0 Å². The van der Waals surface area contributed by atoms with Crippen LogP contribution in [0.4, 0.5) is 4.79 Å². The molecule has 0 saturated carbocycles. The summed E-state index contributed by atoms with van der Waals surface area (Å²) in [6, 6.07) is 7.23. The Hall–Kier alpha value is -1.75. The van der Waals surface area contributed by atoms with Gasteiger partial charge in [-0.05, 0) is 44.9 Å². The zero-order valence-electron chi connectivity index (χ0n) is 14.4. The minimum Gasteiger partial charge on any atom is -0.444 e. The fourth-order valence-corrected chi connectivity index (χ4v) is 2.20. The number of hydrogen-bond acceptors (Lipinski definition) is 3. The van der Waals surface area contributed by atoms with E-state index in [1.807, 2.05) is 25.1 Å². The number of halogens is 1. The van der Waals surface area contributed by atoms with Gasteiger partial charge in [0.15, 0.2) is 0 Å². The van der Waals surface area contributed by atoms with E-state index in [0.717, 1.165) is 12.0 Å². The molecule has 1 atom stereocenters. The van der Waals surface area contributed by atoms with Gasteiger partial charge in [-0.3, -0.25) is 4.79 Å². The van der Waals surface area contributed by atoms with Crippen molar-refractivity contribution < 1.29 is 14.3 Å². The summed E-state index contributed by atoms with van der Waals surface area (Å²) in [5.74, 6) is -0.245. The highest BCUT2D eigenvalue weighted by atomic mass is 35.5. The highest BCUT2D eigenvalue weighted by Gasteiger charge is 2.22. The summed E-state index contributed by atoms with van der Waals surface area (Å²) >= 11 is 5.99. The third-order valence-corrected chi connectivity index (χ3v) is 3.32. The third kappa shape index (κ3) is 6.91. The van der Waals surface area contributed by atoms with E-state index in [-0.39, 0.29) is 18.5 Å². The molecule has 1 rings (SSSR count). The average molecular weight is 341 g/mol. The van der Waals surface area contributed by atoms with Crippen molar-refractivity contribution in [3.05, 3.63) is 34.9 Å². The third-order valence-electron chi connectivity index (χ3n) is 3.08. The molecular weight excluding hydrogens is 316 g/mol. The van der Waals surface area contributed by atoms with Crippen LogP contribution in [0.15, 0.2) is 24.3 Å². The van der Waals surface area contributed by atoms with Crippen LogP contribution in [0.1, 0.15) is 45.7 Å². The molecule has 1 aromatic rings. The fraction of sp³-hybridized carbons (Fsp3) is 0.529. The maximum atomic E-state index is 12.2. The van der Waals surface area contributed by atoms with Gasteiger partial charge in [-0.15, -0.1) is 0 Å². The molecule has 0 radical (unpaired) electrons. The number of ether oxygens (including phenoxy) is 1. The first-order valence-electron chi connectivity index (χ1n) is 7.61. The van der Waals surface area contributed by atoms with Gasteiger partial charge in [0.05, 0.1) is 6.04 Å².